The van der Waals surface area contributed by atoms with Gasteiger partial charge in [-0.25, -0.2) is 13.9 Å². The predicted octanol–water partition coefficient (Wildman–Crippen LogP) is 1.24. The first-order chi connectivity index (χ1) is 14.0. The Kier molecular flexibility index (Phi) is 7.64. The van der Waals surface area contributed by atoms with Crippen LogP contribution in [0.15, 0.2) is 41.3 Å². The van der Waals surface area contributed by atoms with Gasteiger partial charge in [-0.3, -0.25) is 14.8 Å². The number of nitrogens with one attached hydrogen (secondary N) is 1. The van der Waals surface area contributed by atoms with Gasteiger partial charge in [0.25, 0.3) is 11.5 Å². The lowest BCUT2D eigenvalue weighted by Crippen LogP contribution is -2.49. The van der Waals surface area contributed by atoms with Crippen molar-refractivity contribution in [3.8, 4) is 16.9 Å². The summed E-state index contributed by atoms with van der Waals surface area (Å²) in [5, 5.41) is 18.0. The number of carbonyl (C=O) groups excluding carboxylic acids is 1. The molecule has 9 nitrogen and oxygen atoms in total. The number of halogens is 1. The zero-order valence-corrected chi connectivity index (χ0v) is 18.0. The quantitative estimate of drug-likeness (QED) is 0.380. The Morgan fingerprint density at radius 2 is 2.00 bits per heavy atom. The van der Waals surface area contributed by atoms with Gasteiger partial charge in [-0.2, -0.15) is 0 Å². The molecule has 0 saturated heterocycles. The summed E-state index contributed by atoms with van der Waals surface area (Å²) in [5.74, 6) is -0.585. The van der Waals surface area contributed by atoms with Gasteiger partial charge in [0, 0.05) is 30.6 Å². The summed E-state index contributed by atoms with van der Waals surface area (Å²) >= 11 is 6.27. The molecule has 1 atom stereocenters. The van der Waals surface area contributed by atoms with Crippen LogP contribution >= 0.6 is 11.6 Å². The summed E-state index contributed by atoms with van der Waals surface area (Å²) < 4.78 is 28.7. The number of aryl methyl sites for hydroxylation is 1. The van der Waals surface area contributed by atoms with Crippen molar-refractivity contribution in [3.05, 3.63) is 51.9 Å². The number of hydroxylamine groups is 1. The number of benzene rings is 1. The second-order valence-electron chi connectivity index (χ2n) is 6.85. The van der Waals surface area contributed by atoms with Crippen LogP contribution in [0.1, 0.15) is 13.3 Å². The van der Waals surface area contributed by atoms with Crippen molar-refractivity contribution in [2.45, 2.75) is 24.6 Å². The molecule has 1 aromatic heterocycles. The number of pyridine rings is 1. The van der Waals surface area contributed by atoms with Crippen molar-refractivity contribution in [3.63, 3.8) is 0 Å². The molecule has 1 unspecified atom stereocenters. The number of aliphatic hydroxyl groups is 1. The summed E-state index contributed by atoms with van der Waals surface area (Å²) in [7, 11) is -3.86. The van der Waals surface area contributed by atoms with Gasteiger partial charge in [0.05, 0.1) is 11.6 Å². The first-order valence-electron chi connectivity index (χ1n) is 8.91. The lowest BCUT2D eigenvalue weighted by Gasteiger charge is -2.25. The maximum Gasteiger partial charge on any atom is 0.264 e. The average molecular weight is 459 g/mol. The molecule has 0 saturated carbocycles. The highest BCUT2D eigenvalue weighted by Crippen LogP contribution is 2.30. The number of aromatic nitrogens is 1. The van der Waals surface area contributed by atoms with Gasteiger partial charge < -0.3 is 14.4 Å². The Hall–Kier alpha value is -2.40. The monoisotopic (exact) mass is 458 g/mol. The minimum Gasteiger partial charge on any atom is -0.491 e. The highest BCUT2D eigenvalue weighted by atomic mass is 35.5. The minimum atomic E-state index is -3.86. The number of nitrogens with zero attached hydrogens (tertiary/aromatic N) is 1. The Balaban J connectivity index is 2.26. The standard InChI is InChI=1S/C19H23ClN2O7S/c1-19(18(25)21-26,30(2,27)28)6-8-22-7-5-13(11-17(22)24)15-4-3-14(12-16(15)20)29-10-9-23/h3-5,7,11-12,23,26H,6,8-10H2,1-2H3,(H,21,25). The second-order valence-corrected chi connectivity index (χ2v) is 9.71. The van der Waals surface area contributed by atoms with Crippen LogP contribution < -0.4 is 15.8 Å². The van der Waals surface area contributed by atoms with E-state index in [1.165, 1.54) is 29.2 Å². The van der Waals surface area contributed by atoms with Crippen LogP contribution in [-0.4, -0.2) is 53.4 Å². The lowest BCUT2D eigenvalue weighted by atomic mass is 10.1. The molecule has 0 aliphatic heterocycles. The molecule has 2 aromatic rings. The van der Waals surface area contributed by atoms with Crippen LogP contribution in [0.2, 0.25) is 5.02 Å². The molecular weight excluding hydrogens is 436 g/mol. The van der Waals surface area contributed by atoms with Gasteiger partial charge in [-0.15, -0.1) is 0 Å². The van der Waals surface area contributed by atoms with E-state index in [1.807, 2.05) is 0 Å². The number of hydrogen-bond donors (Lipinski definition) is 3. The van der Waals surface area contributed by atoms with Crippen LogP contribution in [0.3, 0.4) is 0 Å². The zero-order chi connectivity index (χ0) is 22.5. The molecule has 0 radical (unpaired) electrons. The average Bonchev–Trinajstić information content (AvgIpc) is 2.69. The highest BCUT2D eigenvalue weighted by molar-refractivity contribution is 7.92. The molecule has 3 N–H and O–H groups in total. The number of hydrogen-bond acceptors (Lipinski definition) is 7. The molecule has 1 amide bonds. The molecule has 0 bridgehead atoms. The van der Waals surface area contributed by atoms with Crippen molar-refractivity contribution in [2.24, 2.45) is 0 Å². The Morgan fingerprint density at radius 3 is 2.53 bits per heavy atom. The molecule has 0 spiro atoms. The molecule has 0 fully saturated rings. The first kappa shape index (κ1) is 23.9. The Bertz CT molecular complexity index is 1080. The highest BCUT2D eigenvalue weighted by Gasteiger charge is 2.43. The van der Waals surface area contributed by atoms with Crippen LogP contribution in [0.4, 0.5) is 0 Å². The summed E-state index contributed by atoms with van der Waals surface area (Å²) in [6.07, 6.45) is 2.16. The van der Waals surface area contributed by atoms with Gasteiger partial charge in [-0.1, -0.05) is 11.6 Å². The first-order valence-corrected chi connectivity index (χ1v) is 11.2. The van der Waals surface area contributed by atoms with Crippen LogP contribution in [0.25, 0.3) is 11.1 Å². The Morgan fingerprint density at radius 1 is 1.30 bits per heavy atom. The normalized spacial score (nSPS) is 13.5. The predicted molar refractivity (Wildman–Crippen MR) is 112 cm³/mol. The van der Waals surface area contributed by atoms with Crippen molar-refractivity contribution >= 4 is 27.3 Å². The smallest absolute Gasteiger partial charge is 0.264 e. The second kappa shape index (κ2) is 9.61. The third-order valence-corrected chi connectivity index (χ3v) is 7.18. The minimum absolute atomic E-state index is 0.0578. The molecule has 30 heavy (non-hydrogen) atoms. The number of rotatable bonds is 9. The fourth-order valence-corrected chi connectivity index (χ4v) is 3.89. The third-order valence-electron chi connectivity index (χ3n) is 4.84. The lowest BCUT2D eigenvalue weighted by molar-refractivity contribution is -0.131. The molecule has 164 valence electrons. The number of ether oxygens (including phenoxy) is 1. The largest absolute Gasteiger partial charge is 0.491 e. The van der Waals surface area contributed by atoms with Crippen LogP contribution in [-0.2, 0) is 21.2 Å². The van der Waals surface area contributed by atoms with E-state index in [-0.39, 0.29) is 26.2 Å². The van der Waals surface area contributed by atoms with Gasteiger partial charge in [0.1, 0.15) is 12.4 Å². The topological polar surface area (TPSA) is 135 Å². The Labute approximate surface area is 178 Å². The SMILES string of the molecule is CC(CCn1ccc(-c2ccc(OCCO)cc2Cl)cc1=O)(C(=O)NO)S(C)(=O)=O. The van der Waals surface area contributed by atoms with E-state index >= 15 is 0 Å². The summed E-state index contributed by atoms with van der Waals surface area (Å²) in [4.78, 5) is 24.4. The number of aliphatic hydroxyl groups excluding tert-OH is 1. The zero-order valence-electron chi connectivity index (χ0n) is 16.5. The summed E-state index contributed by atoms with van der Waals surface area (Å²) in [6, 6.07) is 7.90. The van der Waals surface area contributed by atoms with E-state index < -0.39 is 26.1 Å². The van der Waals surface area contributed by atoms with Crippen molar-refractivity contribution in [1.29, 1.82) is 0 Å². The van der Waals surface area contributed by atoms with Gasteiger partial charge >= 0.3 is 0 Å². The molecule has 0 aliphatic carbocycles. The van der Waals surface area contributed by atoms with Gasteiger partial charge in [-0.05, 0) is 43.2 Å². The summed E-state index contributed by atoms with van der Waals surface area (Å²) in [6.45, 7) is 1.13. The van der Waals surface area contributed by atoms with E-state index in [1.54, 1.807) is 24.3 Å². The fraction of sp³-hybridized carbons (Fsp3) is 0.368. The van der Waals surface area contributed by atoms with E-state index in [4.69, 9.17) is 26.7 Å². The van der Waals surface area contributed by atoms with Crippen molar-refractivity contribution < 1.29 is 28.3 Å². The molecule has 11 heteroatoms. The van der Waals surface area contributed by atoms with Crippen molar-refractivity contribution in [1.82, 2.24) is 10.0 Å². The van der Waals surface area contributed by atoms with E-state index in [9.17, 15) is 18.0 Å². The molecule has 0 aliphatic rings. The van der Waals surface area contributed by atoms with Crippen LogP contribution in [0.5, 0.6) is 5.75 Å². The van der Waals surface area contributed by atoms with E-state index in [0.29, 0.717) is 21.9 Å². The van der Waals surface area contributed by atoms with Crippen molar-refractivity contribution in [2.75, 3.05) is 19.5 Å². The number of amides is 1. The maximum atomic E-state index is 12.5. The summed E-state index contributed by atoms with van der Waals surface area (Å²) in [5.41, 5.74) is 2.11. The maximum absolute atomic E-state index is 12.5. The van der Waals surface area contributed by atoms with Crippen LogP contribution in [0, 0.1) is 0 Å². The van der Waals surface area contributed by atoms with E-state index in [0.717, 1.165) is 6.26 Å². The third kappa shape index (κ3) is 5.20. The fourth-order valence-electron chi connectivity index (χ4n) is 2.76. The number of sulfone groups is 1. The molecule has 1 aromatic carbocycles. The molecule has 1 heterocycles. The van der Waals surface area contributed by atoms with Gasteiger partial charge in [0.15, 0.2) is 14.6 Å². The number of carbonyl (C=O) groups is 1. The molecule has 2 rings (SSSR count). The molecular formula is C19H23ClN2O7S. The van der Waals surface area contributed by atoms with Gasteiger partial charge in [0.2, 0.25) is 0 Å². The van der Waals surface area contributed by atoms with E-state index in [2.05, 4.69) is 0 Å².